The number of nitrogens with zero attached hydrogens (tertiary/aromatic N) is 1. The van der Waals surface area contributed by atoms with Crippen molar-refractivity contribution in [3.63, 3.8) is 0 Å². The summed E-state index contributed by atoms with van der Waals surface area (Å²) in [6.45, 7) is 3.75. The predicted molar refractivity (Wildman–Crippen MR) is 111 cm³/mol. The molecule has 144 valence electrons. The third kappa shape index (κ3) is 5.01. The summed E-state index contributed by atoms with van der Waals surface area (Å²) in [6.07, 6.45) is 1.18. The maximum absolute atomic E-state index is 12.2. The quantitative estimate of drug-likeness (QED) is 0.717. The van der Waals surface area contributed by atoms with Gasteiger partial charge >= 0.3 is 5.97 Å². The van der Waals surface area contributed by atoms with E-state index in [0.717, 1.165) is 16.8 Å². The maximum Gasteiger partial charge on any atom is 0.344 e. The van der Waals surface area contributed by atoms with E-state index in [0.29, 0.717) is 22.2 Å². The molecule has 0 bridgehead atoms. The third-order valence-corrected chi connectivity index (χ3v) is 4.91. The van der Waals surface area contributed by atoms with Crippen molar-refractivity contribution >= 4 is 40.6 Å². The van der Waals surface area contributed by atoms with Crippen molar-refractivity contribution in [3.8, 4) is 5.75 Å². The first kappa shape index (κ1) is 19.7. The Morgan fingerprint density at radius 1 is 1.29 bits per heavy atom. The SMILES string of the molecule is CCC(Oc1cccc(/C=C2/SC(=Nc3ccc(C)cc3)NC2=O)c1)C(=O)O. The molecule has 1 fully saturated rings. The number of carbonyl (C=O) groups is 2. The molecule has 7 heteroatoms. The average Bonchev–Trinajstić information content (AvgIpc) is 3.00. The van der Waals surface area contributed by atoms with E-state index in [-0.39, 0.29) is 5.91 Å². The number of nitrogens with one attached hydrogen (secondary N) is 1. The van der Waals surface area contributed by atoms with E-state index in [4.69, 9.17) is 9.84 Å². The summed E-state index contributed by atoms with van der Waals surface area (Å²) in [7, 11) is 0. The highest BCUT2D eigenvalue weighted by Gasteiger charge is 2.24. The van der Waals surface area contributed by atoms with Crippen LogP contribution in [0.3, 0.4) is 0 Å². The van der Waals surface area contributed by atoms with Gasteiger partial charge in [-0.3, -0.25) is 4.79 Å². The summed E-state index contributed by atoms with van der Waals surface area (Å²) in [5, 5.41) is 12.4. The average molecular weight is 396 g/mol. The van der Waals surface area contributed by atoms with E-state index in [2.05, 4.69) is 10.3 Å². The predicted octanol–water partition coefficient (Wildman–Crippen LogP) is 4.13. The van der Waals surface area contributed by atoms with Gasteiger partial charge in [-0.2, -0.15) is 0 Å². The van der Waals surface area contributed by atoms with Crippen LogP contribution in [0.4, 0.5) is 5.69 Å². The summed E-state index contributed by atoms with van der Waals surface area (Å²) in [4.78, 5) is 28.3. The van der Waals surface area contributed by atoms with Crippen LogP contribution in [-0.4, -0.2) is 28.3 Å². The lowest BCUT2D eigenvalue weighted by Crippen LogP contribution is -2.25. The second-order valence-electron chi connectivity index (χ2n) is 6.24. The summed E-state index contributed by atoms with van der Waals surface area (Å²) in [6, 6.07) is 14.7. The number of rotatable bonds is 6. The van der Waals surface area contributed by atoms with E-state index in [9.17, 15) is 9.59 Å². The molecular weight excluding hydrogens is 376 g/mol. The van der Waals surface area contributed by atoms with Crippen LogP contribution in [0.25, 0.3) is 6.08 Å². The molecule has 6 nitrogen and oxygen atoms in total. The molecule has 2 aromatic rings. The number of hydrogen-bond donors (Lipinski definition) is 2. The minimum absolute atomic E-state index is 0.223. The molecule has 1 amide bonds. The number of aliphatic carboxylic acids is 1. The fourth-order valence-corrected chi connectivity index (χ4v) is 3.36. The first-order chi connectivity index (χ1) is 13.4. The normalized spacial score (nSPS) is 17.6. The van der Waals surface area contributed by atoms with Crippen LogP contribution in [0.1, 0.15) is 24.5 Å². The lowest BCUT2D eigenvalue weighted by molar-refractivity contribution is -0.145. The van der Waals surface area contributed by atoms with Crippen molar-refractivity contribution in [1.82, 2.24) is 5.32 Å². The molecule has 0 spiro atoms. The first-order valence-electron chi connectivity index (χ1n) is 8.80. The number of benzene rings is 2. The Balaban J connectivity index is 1.76. The van der Waals surface area contributed by atoms with Gasteiger partial charge in [-0.1, -0.05) is 36.8 Å². The molecule has 1 saturated heterocycles. The number of aryl methyl sites for hydroxylation is 1. The second-order valence-corrected chi connectivity index (χ2v) is 7.27. The fraction of sp³-hybridized carbons (Fsp3) is 0.190. The van der Waals surface area contributed by atoms with Crippen LogP contribution in [0, 0.1) is 6.92 Å². The van der Waals surface area contributed by atoms with Crippen molar-refractivity contribution in [2.24, 2.45) is 4.99 Å². The highest BCUT2D eigenvalue weighted by Crippen LogP contribution is 2.29. The van der Waals surface area contributed by atoms with Crippen LogP contribution < -0.4 is 10.1 Å². The topological polar surface area (TPSA) is 88.0 Å². The Hall–Kier alpha value is -3.06. The van der Waals surface area contributed by atoms with E-state index in [1.54, 1.807) is 31.2 Å². The summed E-state index contributed by atoms with van der Waals surface area (Å²) in [5.41, 5.74) is 2.65. The van der Waals surface area contributed by atoms with Gasteiger partial charge in [0.15, 0.2) is 11.3 Å². The smallest absolute Gasteiger partial charge is 0.344 e. The molecule has 0 radical (unpaired) electrons. The zero-order valence-corrected chi connectivity index (χ0v) is 16.3. The van der Waals surface area contributed by atoms with Gasteiger partial charge in [-0.25, -0.2) is 9.79 Å². The number of carbonyl (C=O) groups excluding carboxylic acids is 1. The number of carboxylic acid groups (broad SMARTS) is 1. The van der Waals surface area contributed by atoms with Gasteiger partial charge in [0, 0.05) is 0 Å². The number of aliphatic imine (C=N–C) groups is 1. The number of amidine groups is 1. The van der Waals surface area contributed by atoms with Gasteiger partial charge in [0.1, 0.15) is 5.75 Å². The van der Waals surface area contributed by atoms with Crippen LogP contribution >= 0.6 is 11.8 Å². The lowest BCUT2D eigenvalue weighted by Gasteiger charge is -2.13. The highest BCUT2D eigenvalue weighted by molar-refractivity contribution is 8.18. The van der Waals surface area contributed by atoms with E-state index >= 15 is 0 Å². The molecule has 28 heavy (non-hydrogen) atoms. The Kier molecular flexibility index (Phi) is 6.16. The van der Waals surface area contributed by atoms with E-state index < -0.39 is 12.1 Å². The second kappa shape index (κ2) is 8.75. The summed E-state index contributed by atoms with van der Waals surface area (Å²) >= 11 is 1.26. The molecule has 1 atom stereocenters. The van der Waals surface area contributed by atoms with Gasteiger partial charge in [-0.05, 0) is 61.0 Å². The standard InChI is InChI=1S/C21H20N2O4S/c1-3-17(20(25)26)27-16-6-4-5-14(11-16)12-18-19(24)23-21(28-18)22-15-9-7-13(2)8-10-15/h4-12,17H,3H2,1-2H3,(H,25,26)(H,22,23,24)/b18-12+. The zero-order valence-electron chi connectivity index (χ0n) is 15.5. The molecule has 1 unspecified atom stereocenters. The molecule has 1 heterocycles. The molecule has 0 saturated carbocycles. The fourth-order valence-electron chi connectivity index (χ4n) is 2.52. The number of amides is 1. The van der Waals surface area contributed by atoms with Crippen LogP contribution in [-0.2, 0) is 9.59 Å². The first-order valence-corrected chi connectivity index (χ1v) is 9.62. The van der Waals surface area contributed by atoms with Gasteiger partial charge in [-0.15, -0.1) is 0 Å². The van der Waals surface area contributed by atoms with Gasteiger partial charge < -0.3 is 15.2 Å². The molecule has 0 aliphatic carbocycles. The molecule has 0 aromatic heterocycles. The highest BCUT2D eigenvalue weighted by atomic mass is 32.2. The molecule has 2 aromatic carbocycles. The Morgan fingerprint density at radius 3 is 2.71 bits per heavy atom. The molecule has 1 aliphatic heterocycles. The maximum atomic E-state index is 12.2. The Bertz CT molecular complexity index is 951. The van der Waals surface area contributed by atoms with Gasteiger partial charge in [0.25, 0.3) is 5.91 Å². The van der Waals surface area contributed by atoms with Crippen LogP contribution in [0.2, 0.25) is 0 Å². The third-order valence-electron chi connectivity index (χ3n) is 4.00. The lowest BCUT2D eigenvalue weighted by atomic mass is 10.2. The number of hydrogen-bond acceptors (Lipinski definition) is 5. The Labute approximate surface area is 167 Å². The minimum Gasteiger partial charge on any atom is -0.479 e. The van der Waals surface area contributed by atoms with Crippen molar-refractivity contribution in [2.75, 3.05) is 0 Å². The molecule has 1 aliphatic rings. The van der Waals surface area contributed by atoms with Crippen LogP contribution in [0.15, 0.2) is 58.4 Å². The van der Waals surface area contributed by atoms with Crippen LogP contribution in [0.5, 0.6) is 5.75 Å². The Morgan fingerprint density at radius 2 is 2.04 bits per heavy atom. The number of thioether (sulfide) groups is 1. The summed E-state index contributed by atoms with van der Waals surface area (Å²) < 4.78 is 5.51. The minimum atomic E-state index is -1.01. The number of ether oxygens (including phenoxy) is 1. The molecule has 2 N–H and O–H groups in total. The van der Waals surface area contributed by atoms with E-state index in [1.807, 2.05) is 37.3 Å². The van der Waals surface area contributed by atoms with E-state index in [1.165, 1.54) is 11.8 Å². The monoisotopic (exact) mass is 396 g/mol. The van der Waals surface area contributed by atoms with Crippen molar-refractivity contribution in [3.05, 3.63) is 64.6 Å². The molecular formula is C21H20N2O4S. The van der Waals surface area contributed by atoms with Crippen molar-refractivity contribution in [1.29, 1.82) is 0 Å². The van der Waals surface area contributed by atoms with Gasteiger partial charge in [0.2, 0.25) is 0 Å². The van der Waals surface area contributed by atoms with Gasteiger partial charge in [0.05, 0.1) is 10.6 Å². The number of carboxylic acids is 1. The molecule has 3 rings (SSSR count). The van der Waals surface area contributed by atoms with Crippen molar-refractivity contribution < 1.29 is 19.4 Å². The summed E-state index contributed by atoms with van der Waals surface area (Å²) in [5.74, 6) is -0.784. The van der Waals surface area contributed by atoms with Crippen molar-refractivity contribution in [2.45, 2.75) is 26.4 Å². The largest absolute Gasteiger partial charge is 0.479 e. The zero-order chi connectivity index (χ0) is 20.1.